The Balaban J connectivity index is 1.67. The molecule has 5 nitrogen and oxygen atoms in total. The van der Waals surface area contributed by atoms with Crippen LogP contribution in [0, 0.1) is 28.9 Å². The lowest BCUT2D eigenvalue weighted by Crippen LogP contribution is -2.47. The van der Waals surface area contributed by atoms with Gasteiger partial charge in [0.15, 0.2) is 0 Å². The van der Waals surface area contributed by atoms with Gasteiger partial charge in [-0.2, -0.15) is 0 Å². The Morgan fingerprint density at radius 3 is 2.44 bits per heavy atom. The van der Waals surface area contributed by atoms with Gasteiger partial charge < -0.3 is 19.7 Å². The lowest BCUT2D eigenvalue weighted by atomic mass is 9.86. The van der Waals surface area contributed by atoms with E-state index in [4.69, 9.17) is 0 Å². The van der Waals surface area contributed by atoms with Gasteiger partial charge in [-0.05, 0) is 55.1 Å². The molecule has 5 rings (SSSR count). The van der Waals surface area contributed by atoms with Crippen LogP contribution in [0.15, 0.2) is 30.3 Å². The first kappa shape index (κ1) is 29.3. The van der Waals surface area contributed by atoms with E-state index in [1.54, 1.807) is 11.0 Å². The first-order valence-electron chi connectivity index (χ1n) is 14.5. The number of carbonyl (C=O) groups excluding carboxylic acids is 1. The number of anilines is 1. The van der Waals surface area contributed by atoms with Crippen molar-refractivity contribution in [3.8, 4) is 11.5 Å². The molecule has 41 heavy (non-hydrogen) atoms. The molecule has 2 atom stereocenters. The molecule has 0 aliphatic carbocycles. The fourth-order valence-corrected chi connectivity index (χ4v) is 6.51. The standard InChI is InChI=1S/C32H39F3N4OSi/c1-6-7-8-23-20-25-24-18-22(33)19-27(35)30(24)36-31(25)32(39(23)29(40)11-16-41(3,4)5)21-9-10-28(26(34)17-21)38-14-12-37(2)13-15-38/h9-10,17-19,23,32,36H,6-8,12-15,20H2,1-5H3/t23-,32-/m0/s1. The van der Waals surface area contributed by atoms with Gasteiger partial charge in [-0.3, -0.25) is 4.79 Å². The van der Waals surface area contributed by atoms with Crippen molar-refractivity contribution in [3.05, 3.63) is 64.6 Å². The summed E-state index contributed by atoms with van der Waals surface area (Å²) in [4.78, 5) is 23.1. The molecule has 218 valence electrons. The van der Waals surface area contributed by atoms with E-state index in [-0.39, 0.29) is 23.3 Å². The van der Waals surface area contributed by atoms with E-state index >= 15 is 4.39 Å². The number of aromatic amines is 1. The maximum absolute atomic E-state index is 15.8. The first-order valence-corrected chi connectivity index (χ1v) is 18.0. The van der Waals surface area contributed by atoms with Crippen LogP contribution in [-0.2, 0) is 11.2 Å². The average molecular weight is 581 g/mol. The minimum absolute atomic E-state index is 0.202. The number of fused-ring (bicyclic) bond motifs is 3. The molecule has 0 radical (unpaired) electrons. The molecule has 3 heterocycles. The summed E-state index contributed by atoms with van der Waals surface area (Å²) >= 11 is 0. The summed E-state index contributed by atoms with van der Waals surface area (Å²) in [7, 11) is 0.192. The Morgan fingerprint density at radius 2 is 1.78 bits per heavy atom. The van der Waals surface area contributed by atoms with Crippen molar-refractivity contribution in [1.29, 1.82) is 0 Å². The van der Waals surface area contributed by atoms with Crippen molar-refractivity contribution in [2.45, 2.75) is 64.3 Å². The molecule has 0 saturated carbocycles. The van der Waals surface area contributed by atoms with Crippen LogP contribution in [0.5, 0.6) is 0 Å². The van der Waals surface area contributed by atoms with Gasteiger partial charge in [-0.1, -0.05) is 45.5 Å². The predicted octanol–water partition coefficient (Wildman–Crippen LogP) is 6.25. The molecule has 0 bridgehead atoms. The van der Waals surface area contributed by atoms with E-state index in [1.165, 1.54) is 12.1 Å². The summed E-state index contributed by atoms with van der Waals surface area (Å²) in [5.41, 5.74) is 5.87. The molecule has 9 heteroatoms. The van der Waals surface area contributed by atoms with E-state index in [9.17, 15) is 13.6 Å². The lowest BCUT2D eigenvalue weighted by Gasteiger charge is -2.42. The van der Waals surface area contributed by atoms with Gasteiger partial charge in [-0.25, -0.2) is 13.2 Å². The van der Waals surface area contributed by atoms with Gasteiger partial charge in [-0.15, -0.1) is 5.54 Å². The minimum Gasteiger partial charge on any atom is -0.367 e. The number of carbonyl (C=O) groups is 1. The fraction of sp³-hybridized carbons (Fsp3) is 0.469. The monoisotopic (exact) mass is 580 g/mol. The molecule has 3 aromatic rings. The van der Waals surface area contributed by atoms with Crippen molar-refractivity contribution in [2.75, 3.05) is 38.1 Å². The number of hydrogen-bond donors (Lipinski definition) is 1. The molecule has 0 unspecified atom stereocenters. The largest absolute Gasteiger partial charge is 0.367 e. The van der Waals surface area contributed by atoms with Crippen molar-refractivity contribution >= 4 is 30.6 Å². The van der Waals surface area contributed by atoms with Crippen LogP contribution in [0.2, 0.25) is 19.6 Å². The third kappa shape index (κ3) is 6.05. The highest BCUT2D eigenvalue weighted by atomic mass is 28.3. The average Bonchev–Trinajstić information content (AvgIpc) is 3.28. The molecule has 0 spiro atoms. The van der Waals surface area contributed by atoms with Crippen LogP contribution in [0.1, 0.15) is 49.0 Å². The number of rotatable bonds is 5. The zero-order chi connectivity index (χ0) is 29.5. The Hall–Kier alpha value is -3.22. The molecule has 2 aliphatic rings. The second-order valence-corrected chi connectivity index (χ2v) is 17.2. The molecule has 2 aliphatic heterocycles. The molecular formula is C32H39F3N4OSi. The van der Waals surface area contributed by atoms with Crippen molar-refractivity contribution in [2.24, 2.45) is 0 Å². The van der Waals surface area contributed by atoms with Crippen molar-refractivity contribution in [3.63, 3.8) is 0 Å². The highest BCUT2D eigenvalue weighted by Crippen LogP contribution is 2.43. The van der Waals surface area contributed by atoms with Gasteiger partial charge in [0.05, 0.1) is 17.2 Å². The zero-order valence-corrected chi connectivity index (χ0v) is 25.6. The van der Waals surface area contributed by atoms with Gasteiger partial charge in [0, 0.05) is 49.4 Å². The third-order valence-corrected chi connectivity index (χ3v) is 9.03. The first-order chi connectivity index (χ1) is 19.5. The normalized spacial score (nSPS) is 19.7. The predicted molar refractivity (Wildman–Crippen MR) is 161 cm³/mol. The van der Waals surface area contributed by atoms with E-state index in [2.05, 4.69) is 55.0 Å². The third-order valence-electron chi connectivity index (χ3n) is 8.15. The summed E-state index contributed by atoms with van der Waals surface area (Å²) in [6.45, 7) is 11.5. The number of piperazine rings is 1. The molecular weight excluding hydrogens is 541 g/mol. The highest BCUT2D eigenvalue weighted by Gasteiger charge is 2.40. The molecule has 1 saturated heterocycles. The number of unbranched alkanes of at least 4 members (excludes halogenated alkanes) is 1. The van der Waals surface area contributed by atoms with Crippen molar-refractivity contribution < 1.29 is 18.0 Å². The number of amides is 1. The second kappa shape index (κ2) is 11.6. The number of nitrogens with zero attached hydrogens (tertiary/aromatic N) is 3. The molecule has 1 N–H and O–H groups in total. The summed E-state index contributed by atoms with van der Waals surface area (Å²) in [5, 5.41) is 0.471. The molecule has 1 aromatic heterocycles. The van der Waals surface area contributed by atoms with Crippen LogP contribution < -0.4 is 4.90 Å². The Bertz CT molecular complexity index is 1510. The van der Waals surface area contributed by atoms with Gasteiger partial charge in [0.2, 0.25) is 0 Å². The van der Waals surface area contributed by atoms with Crippen LogP contribution in [-0.4, -0.2) is 68.0 Å². The number of aromatic nitrogens is 1. The zero-order valence-electron chi connectivity index (χ0n) is 24.6. The minimum atomic E-state index is -1.86. The van der Waals surface area contributed by atoms with E-state index in [0.717, 1.165) is 50.7 Å². The quantitative estimate of drug-likeness (QED) is 0.287. The number of nitrogens with one attached hydrogen (secondary N) is 1. The Labute approximate surface area is 241 Å². The molecule has 1 amide bonds. The van der Waals surface area contributed by atoms with Crippen LogP contribution in [0.25, 0.3) is 10.9 Å². The van der Waals surface area contributed by atoms with Crippen LogP contribution in [0.4, 0.5) is 18.9 Å². The summed E-state index contributed by atoms with van der Waals surface area (Å²) in [6, 6.07) is 6.39. The van der Waals surface area contributed by atoms with E-state index < -0.39 is 25.8 Å². The lowest BCUT2D eigenvalue weighted by molar-refractivity contribution is -0.130. The van der Waals surface area contributed by atoms with Crippen LogP contribution >= 0.6 is 0 Å². The SMILES string of the molecule is CCCC[C@H]1Cc2c([nH]c3c(F)cc(F)cc23)[C@H](c2ccc(N3CCN(C)CC3)c(F)c2)N1C(=O)C#C[Si](C)(C)C. The number of hydrogen-bond acceptors (Lipinski definition) is 3. The van der Waals surface area contributed by atoms with Gasteiger partial charge in [0.1, 0.15) is 25.5 Å². The number of H-pyrrole nitrogens is 1. The highest BCUT2D eigenvalue weighted by molar-refractivity contribution is 6.84. The fourth-order valence-electron chi connectivity index (χ4n) is 6.02. The Kier molecular flexibility index (Phi) is 8.26. The summed E-state index contributed by atoms with van der Waals surface area (Å²) in [5.74, 6) is 0.885. The smallest absolute Gasteiger partial charge is 0.298 e. The maximum atomic E-state index is 15.8. The second-order valence-electron chi connectivity index (χ2n) is 12.4. The summed E-state index contributed by atoms with van der Waals surface area (Å²) < 4.78 is 45.2. The number of benzene rings is 2. The van der Waals surface area contributed by atoms with Gasteiger partial charge in [0.25, 0.3) is 5.91 Å². The Morgan fingerprint density at radius 1 is 1.05 bits per heavy atom. The van der Waals surface area contributed by atoms with Crippen LogP contribution in [0.3, 0.4) is 0 Å². The number of likely N-dealkylation sites (N-methyl/N-ethyl adjacent to an activating group) is 1. The number of halogens is 3. The summed E-state index contributed by atoms with van der Waals surface area (Å²) in [6.07, 6.45) is 2.96. The molecule has 2 aromatic carbocycles. The molecule has 1 fully saturated rings. The maximum Gasteiger partial charge on any atom is 0.298 e. The topological polar surface area (TPSA) is 42.6 Å². The van der Waals surface area contributed by atoms with E-state index in [0.29, 0.717) is 35.2 Å². The van der Waals surface area contributed by atoms with Gasteiger partial charge >= 0.3 is 0 Å². The van der Waals surface area contributed by atoms with Crippen molar-refractivity contribution in [1.82, 2.24) is 14.8 Å². The van der Waals surface area contributed by atoms with E-state index in [1.807, 2.05) is 11.0 Å².